The highest BCUT2D eigenvalue weighted by Crippen LogP contribution is 2.19. The van der Waals surface area contributed by atoms with Gasteiger partial charge in [0, 0.05) is 20.2 Å². The predicted molar refractivity (Wildman–Crippen MR) is 52.7 cm³/mol. The third-order valence-electron chi connectivity index (χ3n) is 2.80. The number of aliphatic hydroxyl groups is 1. The highest BCUT2D eigenvalue weighted by atomic mass is 16.5. The maximum Gasteiger partial charge on any atom is 0.0724 e. The summed E-state index contributed by atoms with van der Waals surface area (Å²) in [4.78, 5) is 2.28. The van der Waals surface area contributed by atoms with Gasteiger partial charge in [-0.2, -0.15) is 0 Å². The van der Waals surface area contributed by atoms with Gasteiger partial charge in [-0.3, -0.25) is 4.90 Å². The Kier molecular flexibility index (Phi) is 4.16. The molecular formula is C10H21NO2. The lowest BCUT2D eigenvalue weighted by Gasteiger charge is -2.36. The monoisotopic (exact) mass is 187 g/mol. The number of methoxy groups -OCH3 is 1. The number of likely N-dealkylation sites (tertiary alicyclic amines) is 1. The molecule has 1 heterocycles. The van der Waals surface area contributed by atoms with Crippen LogP contribution in [-0.2, 0) is 4.74 Å². The molecule has 0 bridgehead atoms. The van der Waals surface area contributed by atoms with Crippen LogP contribution in [0.3, 0.4) is 0 Å². The Bertz CT molecular complexity index is 150. The third-order valence-corrected chi connectivity index (χ3v) is 2.80. The van der Waals surface area contributed by atoms with Crippen LogP contribution in [-0.4, -0.2) is 49.0 Å². The minimum absolute atomic E-state index is 0.231. The molecule has 2 unspecified atom stereocenters. The van der Waals surface area contributed by atoms with Crippen LogP contribution in [0.2, 0.25) is 0 Å². The molecule has 1 saturated heterocycles. The minimum Gasteiger partial charge on any atom is -0.392 e. The van der Waals surface area contributed by atoms with Gasteiger partial charge in [0.25, 0.3) is 0 Å². The molecule has 0 aromatic heterocycles. The van der Waals surface area contributed by atoms with Crippen LogP contribution < -0.4 is 0 Å². The van der Waals surface area contributed by atoms with E-state index in [9.17, 15) is 5.11 Å². The molecule has 1 aliphatic heterocycles. The Balaban J connectivity index is 2.36. The minimum atomic E-state index is -0.231. The Morgan fingerprint density at radius 3 is 2.85 bits per heavy atom. The molecule has 0 amide bonds. The number of β-amino-alcohol motifs (C(OH)–C–C–N with tert-alkyl or cyclic N) is 1. The normalized spacial score (nSPS) is 33.2. The van der Waals surface area contributed by atoms with Crippen molar-refractivity contribution in [3.63, 3.8) is 0 Å². The number of hydrogen-bond donors (Lipinski definition) is 1. The average Bonchev–Trinajstić information content (AvgIpc) is 2.07. The summed E-state index contributed by atoms with van der Waals surface area (Å²) in [6.07, 6.45) is 1.28. The highest BCUT2D eigenvalue weighted by molar-refractivity contribution is 4.79. The number of piperidine rings is 1. The fraction of sp³-hybridized carbons (Fsp3) is 1.00. The maximum absolute atomic E-state index is 9.25. The Morgan fingerprint density at radius 2 is 2.31 bits per heavy atom. The van der Waals surface area contributed by atoms with Gasteiger partial charge < -0.3 is 9.84 Å². The first kappa shape index (κ1) is 11.0. The van der Waals surface area contributed by atoms with Gasteiger partial charge in [-0.15, -0.1) is 0 Å². The molecule has 0 radical (unpaired) electrons. The fourth-order valence-corrected chi connectivity index (χ4v) is 1.94. The van der Waals surface area contributed by atoms with Gasteiger partial charge in [0.05, 0.1) is 12.2 Å². The zero-order valence-electron chi connectivity index (χ0n) is 8.86. The summed E-state index contributed by atoms with van der Waals surface area (Å²) < 4.78 is 5.39. The zero-order valence-corrected chi connectivity index (χ0v) is 8.86. The van der Waals surface area contributed by atoms with Crippen LogP contribution in [0.4, 0.5) is 0 Å². The van der Waals surface area contributed by atoms with E-state index in [4.69, 9.17) is 4.74 Å². The van der Waals surface area contributed by atoms with E-state index in [0.29, 0.717) is 12.0 Å². The van der Waals surface area contributed by atoms with E-state index >= 15 is 0 Å². The summed E-state index contributed by atoms with van der Waals surface area (Å²) in [5.74, 6) is 0.648. The largest absolute Gasteiger partial charge is 0.392 e. The van der Waals surface area contributed by atoms with Crippen molar-refractivity contribution in [2.75, 3.05) is 26.7 Å². The average molecular weight is 187 g/mol. The van der Waals surface area contributed by atoms with Gasteiger partial charge in [-0.1, -0.05) is 6.92 Å². The summed E-state index contributed by atoms with van der Waals surface area (Å²) in [5, 5.41) is 9.25. The van der Waals surface area contributed by atoms with Crippen molar-refractivity contribution in [2.45, 2.75) is 32.5 Å². The van der Waals surface area contributed by atoms with Crippen molar-refractivity contribution in [3.8, 4) is 0 Å². The molecule has 0 aromatic rings. The molecular weight excluding hydrogens is 166 g/mol. The van der Waals surface area contributed by atoms with Crippen LogP contribution in [0.15, 0.2) is 0 Å². The van der Waals surface area contributed by atoms with Crippen molar-refractivity contribution in [1.29, 1.82) is 0 Å². The predicted octanol–water partition coefficient (Wildman–Crippen LogP) is 0.724. The first-order valence-corrected chi connectivity index (χ1v) is 5.06. The number of hydrogen-bond acceptors (Lipinski definition) is 3. The highest BCUT2D eigenvalue weighted by Gasteiger charge is 2.26. The maximum atomic E-state index is 9.25. The molecule has 1 aliphatic rings. The van der Waals surface area contributed by atoms with E-state index in [-0.39, 0.29) is 6.10 Å². The van der Waals surface area contributed by atoms with Crippen molar-refractivity contribution in [1.82, 2.24) is 4.90 Å². The molecule has 0 aromatic carbocycles. The van der Waals surface area contributed by atoms with E-state index in [2.05, 4.69) is 11.8 Å². The summed E-state index contributed by atoms with van der Waals surface area (Å²) >= 11 is 0. The summed E-state index contributed by atoms with van der Waals surface area (Å²) in [6.45, 7) is 6.88. The summed E-state index contributed by atoms with van der Waals surface area (Å²) in [7, 11) is 1.77. The van der Waals surface area contributed by atoms with Crippen LogP contribution in [0.5, 0.6) is 0 Å². The SMILES string of the molecule is COC1CN(C[C@@H](C)O)CCC1C. The molecule has 1 rings (SSSR count). The van der Waals surface area contributed by atoms with Crippen LogP contribution in [0.25, 0.3) is 0 Å². The van der Waals surface area contributed by atoms with E-state index < -0.39 is 0 Å². The fourth-order valence-electron chi connectivity index (χ4n) is 1.94. The summed E-state index contributed by atoms with van der Waals surface area (Å²) in [5.41, 5.74) is 0. The van der Waals surface area contributed by atoms with Crippen molar-refractivity contribution >= 4 is 0 Å². The van der Waals surface area contributed by atoms with E-state index in [1.165, 1.54) is 6.42 Å². The molecule has 0 aliphatic carbocycles. The quantitative estimate of drug-likeness (QED) is 0.707. The van der Waals surface area contributed by atoms with E-state index in [1.807, 2.05) is 6.92 Å². The van der Waals surface area contributed by atoms with Crippen molar-refractivity contribution < 1.29 is 9.84 Å². The van der Waals surface area contributed by atoms with Gasteiger partial charge in [-0.25, -0.2) is 0 Å². The molecule has 3 atom stereocenters. The molecule has 1 N–H and O–H groups in total. The third kappa shape index (κ3) is 3.25. The number of ether oxygens (including phenoxy) is 1. The van der Waals surface area contributed by atoms with Crippen LogP contribution in [0, 0.1) is 5.92 Å². The molecule has 3 heteroatoms. The Labute approximate surface area is 80.7 Å². The van der Waals surface area contributed by atoms with Gasteiger partial charge in [-0.05, 0) is 25.8 Å². The molecule has 0 spiro atoms. The Morgan fingerprint density at radius 1 is 1.62 bits per heavy atom. The second-order valence-electron chi connectivity index (χ2n) is 4.15. The molecule has 0 saturated carbocycles. The Hall–Kier alpha value is -0.120. The topological polar surface area (TPSA) is 32.7 Å². The number of rotatable bonds is 3. The van der Waals surface area contributed by atoms with Gasteiger partial charge >= 0.3 is 0 Å². The first-order chi connectivity index (χ1) is 6.13. The smallest absolute Gasteiger partial charge is 0.0724 e. The molecule has 1 fully saturated rings. The van der Waals surface area contributed by atoms with E-state index in [0.717, 1.165) is 19.6 Å². The lowest BCUT2D eigenvalue weighted by Crippen LogP contribution is -2.46. The second kappa shape index (κ2) is 4.94. The molecule has 13 heavy (non-hydrogen) atoms. The second-order valence-corrected chi connectivity index (χ2v) is 4.15. The van der Waals surface area contributed by atoms with Crippen molar-refractivity contribution in [3.05, 3.63) is 0 Å². The van der Waals surface area contributed by atoms with Gasteiger partial charge in [0.1, 0.15) is 0 Å². The number of nitrogens with zero attached hydrogens (tertiary/aromatic N) is 1. The zero-order chi connectivity index (χ0) is 9.84. The molecule has 78 valence electrons. The lowest BCUT2D eigenvalue weighted by atomic mass is 9.96. The number of aliphatic hydroxyl groups excluding tert-OH is 1. The molecule has 3 nitrogen and oxygen atoms in total. The van der Waals surface area contributed by atoms with E-state index in [1.54, 1.807) is 7.11 Å². The van der Waals surface area contributed by atoms with Gasteiger partial charge in [0.2, 0.25) is 0 Å². The standard InChI is InChI=1S/C10H21NO2/c1-8-4-5-11(6-9(2)12)7-10(8)13-3/h8-10,12H,4-7H2,1-3H3/t8?,9-,10?/m1/s1. The first-order valence-electron chi connectivity index (χ1n) is 5.06. The van der Waals surface area contributed by atoms with Crippen LogP contribution in [0.1, 0.15) is 20.3 Å². The summed E-state index contributed by atoms with van der Waals surface area (Å²) in [6, 6.07) is 0. The van der Waals surface area contributed by atoms with Gasteiger partial charge in [0.15, 0.2) is 0 Å². The van der Waals surface area contributed by atoms with Crippen LogP contribution >= 0.6 is 0 Å². The van der Waals surface area contributed by atoms with Crippen molar-refractivity contribution in [2.24, 2.45) is 5.92 Å². The lowest BCUT2D eigenvalue weighted by molar-refractivity contribution is -0.0158.